The van der Waals surface area contributed by atoms with Crippen molar-refractivity contribution in [3.05, 3.63) is 53.6 Å². The molecular formula is C16H15ClO3. The third-order valence-corrected chi connectivity index (χ3v) is 3.59. The molecule has 0 bridgehead atoms. The molecule has 1 atom stereocenters. The fourth-order valence-electron chi connectivity index (χ4n) is 2.23. The van der Waals surface area contributed by atoms with E-state index < -0.39 is 6.10 Å². The van der Waals surface area contributed by atoms with Crippen LogP contribution in [0.2, 0.25) is 0 Å². The topological polar surface area (TPSA) is 38.7 Å². The van der Waals surface area contributed by atoms with Crippen molar-refractivity contribution in [1.29, 1.82) is 0 Å². The van der Waals surface area contributed by atoms with Crippen LogP contribution in [-0.4, -0.2) is 23.7 Å². The van der Waals surface area contributed by atoms with Gasteiger partial charge in [-0.2, -0.15) is 0 Å². The summed E-state index contributed by atoms with van der Waals surface area (Å²) in [6, 6.07) is 13.8. The van der Waals surface area contributed by atoms with E-state index in [1.165, 1.54) is 0 Å². The zero-order valence-electron chi connectivity index (χ0n) is 10.9. The highest BCUT2D eigenvalue weighted by Gasteiger charge is 2.20. The van der Waals surface area contributed by atoms with Crippen LogP contribution in [0.15, 0.2) is 42.5 Å². The molecule has 1 aliphatic heterocycles. The van der Waals surface area contributed by atoms with E-state index in [0.717, 1.165) is 29.0 Å². The van der Waals surface area contributed by atoms with Gasteiger partial charge in [0.25, 0.3) is 0 Å². The number of aliphatic hydroxyl groups excluding tert-OH is 1. The van der Waals surface area contributed by atoms with Crippen LogP contribution in [0.1, 0.15) is 11.1 Å². The molecule has 104 valence electrons. The molecule has 0 amide bonds. The van der Waals surface area contributed by atoms with E-state index in [1.807, 2.05) is 36.4 Å². The van der Waals surface area contributed by atoms with Crippen molar-refractivity contribution >= 4 is 11.6 Å². The maximum absolute atomic E-state index is 9.48. The minimum Gasteiger partial charge on any atom is -0.487 e. The number of alkyl halides is 1. The number of para-hydroxylation sites is 2. The number of hydrogen-bond donors (Lipinski definition) is 1. The Morgan fingerprint density at radius 1 is 1.15 bits per heavy atom. The first-order chi connectivity index (χ1) is 9.78. The highest BCUT2D eigenvalue weighted by Crippen LogP contribution is 2.42. The summed E-state index contributed by atoms with van der Waals surface area (Å²) in [4.78, 5) is 0. The van der Waals surface area contributed by atoms with Crippen LogP contribution in [0.5, 0.6) is 17.2 Å². The summed E-state index contributed by atoms with van der Waals surface area (Å²) in [5.41, 5.74) is 2.25. The summed E-state index contributed by atoms with van der Waals surface area (Å²) in [7, 11) is 0. The quantitative estimate of drug-likeness (QED) is 0.749. The second kappa shape index (κ2) is 5.73. The van der Waals surface area contributed by atoms with Crippen molar-refractivity contribution in [2.45, 2.75) is 12.5 Å². The van der Waals surface area contributed by atoms with Gasteiger partial charge in [0.15, 0.2) is 11.5 Å². The van der Waals surface area contributed by atoms with Crippen molar-refractivity contribution in [1.82, 2.24) is 0 Å². The largest absolute Gasteiger partial charge is 0.487 e. The van der Waals surface area contributed by atoms with Gasteiger partial charge in [-0.15, -0.1) is 11.6 Å². The molecule has 2 aromatic rings. The lowest BCUT2D eigenvalue weighted by Gasteiger charge is -2.22. The average molecular weight is 291 g/mol. The third kappa shape index (κ3) is 2.60. The van der Waals surface area contributed by atoms with E-state index in [4.69, 9.17) is 21.1 Å². The van der Waals surface area contributed by atoms with Gasteiger partial charge in [-0.1, -0.05) is 30.3 Å². The summed E-state index contributed by atoms with van der Waals surface area (Å²) < 4.78 is 11.5. The Hall–Kier alpha value is -1.71. The van der Waals surface area contributed by atoms with E-state index in [2.05, 4.69) is 6.07 Å². The second-order valence-electron chi connectivity index (χ2n) is 4.75. The van der Waals surface area contributed by atoms with Crippen LogP contribution in [0.25, 0.3) is 0 Å². The van der Waals surface area contributed by atoms with Gasteiger partial charge in [-0.3, -0.25) is 0 Å². The van der Waals surface area contributed by atoms with E-state index in [9.17, 15) is 5.11 Å². The van der Waals surface area contributed by atoms with Crippen molar-refractivity contribution in [3.63, 3.8) is 0 Å². The Morgan fingerprint density at radius 3 is 2.80 bits per heavy atom. The first kappa shape index (κ1) is 13.3. The SMILES string of the molecule is OC(CCl)COc1cccc2c1Oc1ccccc1C2. The second-order valence-corrected chi connectivity index (χ2v) is 5.06. The minimum absolute atomic E-state index is 0.152. The third-order valence-electron chi connectivity index (χ3n) is 3.24. The first-order valence-electron chi connectivity index (χ1n) is 6.52. The fraction of sp³-hybridized carbons (Fsp3) is 0.250. The number of aliphatic hydroxyl groups is 1. The Morgan fingerprint density at radius 2 is 1.95 bits per heavy atom. The summed E-state index contributed by atoms with van der Waals surface area (Å²) in [5, 5.41) is 9.48. The number of fused-ring (bicyclic) bond motifs is 2. The maximum atomic E-state index is 9.48. The Balaban J connectivity index is 1.86. The molecule has 0 radical (unpaired) electrons. The molecule has 4 heteroatoms. The van der Waals surface area contributed by atoms with Crippen LogP contribution < -0.4 is 9.47 Å². The molecule has 0 saturated heterocycles. The normalized spacial score (nSPS) is 13.9. The molecular weight excluding hydrogens is 276 g/mol. The number of benzene rings is 2. The molecule has 1 N–H and O–H groups in total. The van der Waals surface area contributed by atoms with Crippen molar-refractivity contribution < 1.29 is 14.6 Å². The van der Waals surface area contributed by atoms with Gasteiger partial charge in [-0.05, 0) is 17.7 Å². The molecule has 1 unspecified atom stereocenters. The van der Waals surface area contributed by atoms with Crippen LogP contribution in [0, 0.1) is 0 Å². The van der Waals surface area contributed by atoms with Gasteiger partial charge in [0, 0.05) is 12.0 Å². The monoisotopic (exact) mass is 290 g/mol. The Kier molecular flexibility index (Phi) is 3.81. The summed E-state index contributed by atoms with van der Waals surface area (Å²) in [6.45, 7) is 0.158. The molecule has 3 rings (SSSR count). The van der Waals surface area contributed by atoms with E-state index in [-0.39, 0.29) is 12.5 Å². The Bertz CT molecular complexity index is 612. The molecule has 2 aromatic carbocycles. The van der Waals surface area contributed by atoms with Crippen LogP contribution in [0.4, 0.5) is 0 Å². The first-order valence-corrected chi connectivity index (χ1v) is 7.06. The highest BCUT2D eigenvalue weighted by molar-refractivity contribution is 6.18. The van der Waals surface area contributed by atoms with E-state index >= 15 is 0 Å². The average Bonchev–Trinajstić information content (AvgIpc) is 2.50. The van der Waals surface area contributed by atoms with Crippen molar-refractivity contribution in [3.8, 4) is 17.2 Å². The van der Waals surface area contributed by atoms with Crippen LogP contribution in [-0.2, 0) is 6.42 Å². The van der Waals surface area contributed by atoms with Crippen molar-refractivity contribution in [2.75, 3.05) is 12.5 Å². The molecule has 0 saturated carbocycles. The fourth-order valence-corrected chi connectivity index (χ4v) is 2.31. The lowest BCUT2D eigenvalue weighted by Crippen LogP contribution is -2.19. The zero-order valence-corrected chi connectivity index (χ0v) is 11.6. The van der Waals surface area contributed by atoms with Gasteiger partial charge >= 0.3 is 0 Å². The molecule has 1 aliphatic rings. The minimum atomic E-state index is -0.677. The van der Waals surface area contributed by atoms with Gasteiger partial charge in [0.1, 0.15) is 18.5 Å². The Labute approximate surface area is 122 Å². The van der Waals surface area contributed by atoms with Crippen molar-refractivity contribution in [2.24, 2.45) is 0 Å². The number of halogens is 1. The number of hydrogen-bond acceptors (Lipinski definition) is 3. The number of ether oxygens (including phenoxy) is 2. The molecule has 0 aromatic heterocycles. The molecule has 3 nitrogen and oxygen atoms in total. The number of rotatable bonds is 4. The predicted molar refractivity (Wildman–Crippen MR) is 78.0 cm³/mol. The lowest BCUT2D eigenvalue weighted by molar-refractivity contribution is 0.123. The zero-order chi connectivity index (χ0) is 13.9. The maximum Gasteiger partial charge on any atom is 0.172 e. The van der Waals surface area contributed by atoms with E-state index in [0.29, 0.717) is 5.75 Å². The van der Waals surface area contributed by atoms with E-state index in [1.54, 1.807) is 0 Å². The smallest absolute Gasteiger partial charge is 0.172 e. The van der Waals surface area contributed by atoms with Gasteiger partial charge in [0.2, 0.25) is 0 Å². The lowest BCUT2D eigenvalue weighted by atomic mass is 10.0. The molecule has 0 fully saturated rings. The van der Waals surface area contributed by atoms with Crippen LogP contribution in [0.3, 0.4) is 0 Å². The van der Waals surface area contributed by atoms with Gasteiger partial charge < -0.3 is 14.6 Å². The van der Waals surface area contributed by atoms with Gasteiger partial charge in [-0.25, -0.2) is 0 Å². The summed E-state index contributed by atoms with van der Waals surface area (Å²) >= 11 is 5.57. The molecule has 20 heavy (non-hydrogen) atoms. The van der Waals surface area contributed by atoms with Gasteiger partial charge in [0.05, 0.1) is 5.88 Å². The van der Waals surface area contributed by atoms with Crippen LogP contribution >= 0.6 is 11.6 Å². The molecule has 0 spiro atoms. The summed E-state index contributed by atoms with van der Waals surface area (Å²) in [6.07, 6.45) is 0.143. The predicted octanol–water partition coefficient (Wildman–Crippen LogP) is 3.36. The molecule has 0 aliphatic carbocycles. The molecule has 1 heterocycles. The standard InChI is InChI=1S/C16H15ClO3/c17-9-13(18)10-19-15-7-3-5-12-8-11-4-1-2-6-14(11)20-16(12)15/h1-7,13,18H,8-10H2. The highest BCUT2D eigenvalue weighted by atomic mass is 35.5. The summed E-state index contributed by atoms with van der Waals surface area (Å²) in [5.74, 6) is 2.38.